The second kappa shape index (κ2) is 8.92. The lowest BCUT2D eigenvalue weighted by Gasteiger charge is -2.27. The lowest BCUT2D eigenvalue weighted by molar-refractivity contribution is -0.147. The van der Waals surface area contributed by atoms with Crippen molar-refractivity contribution in [3.63, 3.8) is 0 Å². The van der Waals surface area contributed by atoms with Crippen molar-refractivity contribution in [2.45, 2.75) is 37.0 Å². The van der Waals surface area contributed by atoms with Crippen LogP contribution in [-0.2, 0) is 16.1 Å². The van der Waals surface area contributed by atoms with Crippen LogP contribution in [0, 0.1) is 23.1 Å². The molecular weight excluding hydrogens is 493 g/mol. The van der Waals surface area contributed by atoms with Crippen LogP contribution in [-0.4, -0.2) is 16.1 Å². The van der Waals surface area contributed by atoms with E-state index in [1.165, 1.54) is 18.2 Å². The summed E-state index contributed by atoms with van der Waals surface area (Å²) >= 11 is 17.5. The van der Waals surface area contributed by atoms with Crippen molar-refractivity contribution in [1.82, 2.24) is 0 Å². The average molecular weight is 513 g/mol. The van der Waals surface area contributed by atoms with Gasteiger partial charge in [0.2, 0.25) is 0 Å². The van der Waals surface area contributed by atoms with Gasteiger partial charge < -0.3 is 4.74 Å². The van der Waals surface area contributed by atoms with Crippen LogP contribution in [0.15, 0.2) is 48.5 Å². The van der Waals surface area contributed by atoms with E-state index in [1.807, 2.05) is 13.8 Å². The molecule has 0 spiro atoms. The zero-order valence-corrected chi connectivity index (χ0v) is 19.4. The number of benzene rings is 2. The average Bonchev–Trinajstić information content (AvgIpc) is 3.19. The number of rotatable bonds is 6. The lowest BCUT2D eigenvalue weighted by Crippen LogP contribution is -2.33. The highest BCUT2D eigenvalue weighted by atomic mass is 35.6. The fourth-order valence-corrected chi connectivity index (χ4v) is 4.40. The van der Waals surface area contributed by atoms with Crippen LogP contribution >= 0.6 is 34.8 Å². The van der Waals surface area contributed by atoms with Crippen LogP contribution in [0.4, 0.5) is 28.9 Å². The molecule has 0 aliphatic heterocycles. The molecule has 0 heterocycles. The molecule has 0 aromatic heterocycles. The zero-order chi connectivity index (χ0) is 23.9. The van der Waals surface area contributed by atoms with Gasteiger partial charge in [0.25, 0.3) is 0 Å². The van der Waals surface area contributed by atoms with Gasteiger partial charge in [0.1, 0.15) is 12.4 Å². The lowest BCUT2D eigenvalue weighted by atomic mass is 10.1. The Hall–Kier alpha value is -1.70. The van der Waals surface area contributed by atoms with E-state index in [2.05, 4.69) is 0 Å². The predicted molar refractivity (Wildman–Crippen MR) is 117 cm³/mol. The maximum atomic E-state index is 13.7. The first-order valence-electron chi connectivity index (χ1n) is 9.65. The normalized spacial score (nSPS) is 20.0. The summed E-state index contributed by atoms with van der Waals surface area (Å²) in [7, 11) is 0. The van der Waals surface area contributed by atoms with Gasteiger partial charge in [0.15, 0.2) is 3.79 Å². The molecular formula is C22H20Cl3F4NO2. The number of carbonyl (C=O) groups excluding carboxylic acids is 1. The Morgan fingerprint density at radius 1 is 1.06 bits per heavy atom. The molecule has 1 aliphatic carbocycles. The molecule has 1 aliphatic rings. The minimum atomic E-state index is -4.75. The molecule has 3 nitrogen and oxygen atoms in total. The van der Waals surface area contributed by atoms with E-state index in [1.54, 1.807) is 6.07 Å². The molecule has 0 N–H and O–H groups in total. The number of carbonyl (C=O) groups is 1. The van der Waals surface area contributed by atoms with Gasteiger partial charge in [-0.25, -0.2) is 4.39 Å². The molecule has 174 valence electrons. The van der Waals surface area contributed by atoms with Crippen molar-refractivity contribution in [3.8, 4) is 0 Å². The minimum absolute atomic E-state index is 0.124. The van der Waals surface area contributed by atoms with E-state index in [4.69, 9.17) is 39.5 Å². The SMILES string of the molecule is CC1(C)C(CC(Cl)(Cl)Cl)C1C(=O)OCc1cccc(N(c2ccc(F)cc2)C(F)(F)F)c1. The number of halogens is 7. The second-order valence-corrected chi connectivity index (χ2v) is 10.8. The molecule has 2 unspecified atom stereocenters. The number of anilines is 2. The van der Waals surface area contributed by atoms with Crippen molar-refractivity contribution in [2.24, 2.45) is 17.3 Å². The standard InChI is InChI=1S/C22H20Cl3F4NO2/c1-20(2)17(11-21(23,24)25)18(20)19(31)32-12-13-4-3-5-16(10-13)30(22(27,28)29)15-8-6-14(26)7-9-15/h3-10,17-18H,11-12H2,1-2H3. The molecule has 1 fully saturated rings. The fraction of sp³-hybridized carbons (Fsp3) is 0.409. The van der Waals surface area contributed by atoms with Crippen LogP contribution in [0.5, 0.6) is 0 Å². The number of esters is 1. The van der Waals surface area contributed by atoms with Gasteiger partial charge in [0.05, 0.1) is 5.92 Å². The first-order valence-corrected chi connectivity index (χ1v) is 10.8. The third kappa shape index (κ3) is 5.80. The molecule has 0 amide bonds. The number of hydrogen-bond acceptors (Lipinski definition) is 3. The highest BCUT2D eigenvalue weighted by Gasteiger charge is 2.63. The van der Waals surface area contributed by atoms with Crippen molar-refractivity contribution in [3.05, 3.63) is 59.9 Å². The van der Waals surface area contributed by atoms with Crippen molar-refractivity contribution in [2.75, 3.05) is 4.90 Å². The first kappa shape index (κ1) is 24.9. The van der Waals surface area contributed by atoms with Crippen LogP contribution < -0.4 is 4.90 Å². The molecule has 0 bridgehead atoms. The van der Waals surface area contributed by atoms with E-state index in [9.17, 15) is 22.4 Å². The van der Waals surface area contributed by atoms with Gasteiger partial charge in [-0.05, 0) is 59.7 Å². The smallest absolute Gasteiger partial charge is 0.461 e. The van der Waals surface area contributed by atoms with Crippen molar-refractivity contribution >= 4 is 52.1 Å². The molecule has 2 aromatic carbocycles. The number of nitrogens with zero attached hydrogens (tertiary/aromatic N) is 1. The second-order valence-electron chi connectivity index (χ2n) is 8.28. The number of ether oxygens (including phenoxy) is 1. The van der Waals surface area contributed by atoms with E-state index in [-0.39, 0.29) is 35.2 Å². The summed E-state index contributed by atoms with van der Waals surface area (Å²) in [6, 6.07) is 9.48. The molecule has 32 heavy (non-hydrogen) atoms. The van der Waals surface area contributed by atoms with Gasteiger partial charge in [-0.2, -0.15) is 0 Å². The van der Waals surface area contributed by atoms with Gasteiger partial charge in [-0.1, -0.05) is 60.8 Å². The summed E-state index contributed by atoms with van der Waals surface area (Å²) in [5.74, 6) is -1.78. The maximum Gasteiger partial charge on any atom is 0.489 e. The zero-order valence-electron chi connectivity index (χ0n) is 17.1. The Kier molecular flexibility index (Phi) is 6.95. The number of alkyl halides is 6. The summed E-state index contributed by atoms with van der Waals surface area (Å²) in [5, 5.41) is 0. The molecule has 2 aromatic rings. The van der Waals surface area contributed by atoms with Crippen LogP contribution in [0.25, 0.3) is 0 Å². The summed E-state index contributed by atoms with van der Waals surface area (Å²) < 4.78 is 58.2. The molecule has 10 heteroatoms. The van der Waals surface area contributed by atoms with E-state index in [0.29, 0.717) is 5.56 Å². The number of hydrogen-bond donors (Lipinski definition) is 0. The van der Waals surface area contributed by atoms with Crippen LogP contribution in [0.3, 0.4) is 0 Å². The third-order valence-corrected chi connectivity index (χ3v) is 6.11. The van der Waals surface area contributed by atoms with E-state index >= 15 is 0 Å². The molecule has 1 saturated carbocycles. The van der Waals surface area contributed by atoms with Crippen molar-refractivity contribution < 1.29 is 27.1 Å². The maximum absolute atomic E-state index is 13.7. The highest BCUT2D eigenvalue weighted by Crippen LogP contribution is 2.63. The van der Waals surface area contributed by atoms with Crippen LogP contribution in [0.1, 0.15) is 25.8 Å². The Balaban J connectivity index is 1.73. The van der Waals surface area contributed by atoms with E-state index in [0.717, 1.165) is 24.3 Å². The molecule has 2 atom stereocenters. The molecule has 0 saturated heterocycles. The first-order chi connectivity index (χ1) is 14.7. The molecule has 0 radical (unpaired) electrons. The Bertz CT molecular complexity index is 974. The van der Waals surface area contributed by atoms with Gasteiger partial charge in [-0.3, -0.25) is 9.69 Å². The van der Waals surface area contributed by atoms with Gasteiger partial charge in [-0.15, -0.1) is 13.2 Å². The Morgan fingerprint density at radius 2 is 1.69 bits per heavy atom. The minimum Gasteiger partial charge on any atom is -0.461 e. The highest BCUT2D eigenvalue weighted by molar-refractivity contribution is 6.67. The predicted octanol–water partition coefficient (Wildman–Crippen LogP) is 7.56. The van der Waals surface area contributed by atoms with Gasteiger partial charge >= 0.3 is 12.3 Å². The summed E-state index contributed by atoms with van der Waals surface area (Å²) in [4.78, 5) is 12.7. The van der Waals surface area contributed by atoms with Crippen LogP contribution in [0.2, 0.25) is 0 Å². The Morgan fingerprint density at radius 3 is 2.25 bits per heavy atom. The molecule has 3 rings (SSSR count). The van der Waals surface area contributed by atoms with Crippen molar-refractivity contribution in [1.29, 1.82) is 0 Å². The monoisotopic (exact) mass is 511 g/mol. The topological polar surface area (TPSA) is 29.5 Å². The third-order valence-electron chi connectivity index (χ3n) is 5.64. The summed E-state index contributed by atoms with van der Waals surface area (Å²) in [6.45, 7) is 3.52. The fourth-order valence-electron chi connectivity index (χ4n) is 3.90. The largest absolute Gasteiger partial charge is 0.489 e. The van der Waals surface area contributed by atoms with Gasteiger partial charge in [0, 0.05) is 11.4 Å². The Labute approximate surface area is 198 Å². The summed E-state index contributed by atoms with van der Waals surface area (Å²) in [6.07, 6.45) is -4.56. The van der Waals surface area contributed by atoms with E-state index < -0.39 is 33.2 Å². The summed E-state index contributed by atoms with van der Waals surface area (Å²) in [5.41, 5.74) is -0.484. The quantitative estimate of drug-likeness (QED) is 0.173.